The van der Waals surface area contributed by atoms with Crippen molar-refractivity contribution in [1.82, 2.24) is 0 Å². The van der Waals surface area contributed by atoms with Gasteiger partial charge in [-0.15, -0.1) is 11.8 Å². The van der Waals surface area contributed by atoms with Crippen LogP contribution in [0.3, 0.4) is 0 Å². The molecule has 1 aromatic rings. The van der Waals surface area contributed by atoms with Crippen molar-refractivity contribution in [2.45, 2.75) is 10.9 Å². The molecule has 2 nitrogen and oxygen atoms in total. The molecule has 0 bridgehead atoms. The molecule has 1 atom stereocenters. The van der Waals surface area contributed by atoms with Crippen molar-refractivity contribution < 1.29 is 0 Å². The fourth-order valence-electron chi connectivity index (χ4n) is 1.22. The second-order valence-corrected chi connectivity index (χ2v) is 4.67. The lowest BCUT2D eigenvalue weighted by Gasteiger charge is -2.22. The third-order valence-corrected chi connectivity index (χ3v) is 3.67. The van der Waals surface area contributed by atoms with Crippen LogP contribution >= 0.6 is 27.7 Å². The predicted molar refractivity (Wildman–Crippen MR) is 57.9 cm³/mol. The van der Waals surface area contributed by atoms with Gasteiger partial charge < -0.3 is 5.32 Å². The standard InChI is InChI=1S/C9H7BrN2S/c10-7-2-1-3-8-9(7)12-6(4-11)5-13-8/h1-3,6,12H,5H2. The molecule has 0 spiro atoms. The normalized spacial score (nSPS) is 19.8. The Labute approximate surface area is 89.5 Å². The first-order valence-electron chi connectivity index (χ1n) is 3.89. The third kappa shape index (κ3) is 1.67. The summed E-state index contributed by atoms with van der Waals surface area (Å²) in [5.74, 6) is 0.819. The molecule has 1 aromatic carbocycles. The topological polar surface area (TPSA) is 35.8 Å². The molecule has 0 fully saturated rings. The van der Waals surface area contributed by atoms with Crippen molar-refractivity contribution in [3.63, 3.8) is 0 Å². The Morgan fingerprint density at radius 3 is 3.23 bits per heavy atom. The molecule has 4 heteroatoms. The number of hydrogen-bond donors (Lipinski definition) is 1. The number of fused-ring (bicyclic) bond motifs is 1. The van der Waals surface area contributed by atoms with Crippen molar-refractivity contribution in [2.75, 3.05) is 11.1 Å². The van der Waals surface area contributed by atoms with Gasteiger partial charge in [-0.1, -0.05) is 6.07 Å². The second kappa shape index (κ2) is 3.60. The lowest BCUT2D eigenvalue weighted by atomic mass is 10.2. The summed E-state index contributed by atoms with van der Waals surface area (Å²) >= 11 is 5.17. The smallest absolute Gasteiger partial charge is 0.124 e. The lowest BCUT2D eigenvalue weighted by Crippen LogP contribution is -2.24. The van der Waals surface area contributed by atoms with Crippen molar-refractivity contribution >= 4 is 33.4 Å². The number of rotatable bonds is 0. The zero-order chi connectivity index (χ0) is 9.26. The summed E-state index contributed by atoms with van der Waals surface area (Å²) in [5.41, 5.74) is 1.05. The SMILES string of the molecule is N#CC1CSc2cccc(Br)c2N1. The molecule has 1 aliphatic rings. The van der Waals surface area contributed by atoms with Gasteiger partial charge in [-0.2, -0.15) is 5.26 Å². The van der Waals surface area contributed by atoms with Gasteiger partial charge in [0.1, 0.15) is 6.04 Å². The quantitative estimate of drug-likeness (QED) is 0.774. The minimum absolute atomic E-state index is 0.0730. The number of benzene rings is 1. The van der Waals surface area contributed by atoms with E-state index in [2.05, 4.69) is 33.4 Å². The van der Waals surface area contributed by atoms with E-state index < -0.39 is 0 Å². The van der Waals surface area contributed by atoms with Gasteiger partial charge in [0.15, 0.2) is 0 Å². The van der Waals surface area contributed by atoms with Crippen molar-refractivity contribution in [3.05, 3.63) is 22.7 Å². The number of halogens is 1. The van der Waals surface area contributed by atoms with E-state index >= 15 is 0 Å². The first-order chi connectivity index (χ1) is 6.31. The average Bonchev–Trinajstić information content (AvgIpc) is 2.18. The van der Waals surface area contributed by atoms with Crippen LogP contribution in [-0.2, 0) is 0 Å². The highest BCUT2D eigenvalue weighted by atomic mass is 79.9. The van der Waals surface area contributed by atoms with Crippen molar-refractivity contribution in [1.29, 1.82) is 5.26 Å². The van der Waals surface area contributed by atoms with Crippen LogP contribution in [0.25, 0.3) is 0 Å². The maximum Gasteiger partial charge on any atom is 0.124 e. The van der Waals surface area contributed by atoms with Crippen LogP contribution < -0.4 is 5.32 Å². The highest BCUT2D eigenvalue weighted by Gasteiger charge is 2.18. The Bertz CT molecular complexity index is 372. The van der Waals surface area contributed by atoms with Crippen LogP contribution in [0.4, 0.5) is 5.69 Å². The monoisotopic (exact) mass is 254 g/mol. The van der Waals surface area contributed by atoms with Crippen LogP contribution in [-0.4, -0.2) is 11.8 Å². The predicted octanol–water partition coefficient (Wildman–Crippen LogP) is 2.86. The van der Waals surface area contributed by atoms with Gasteiger partial charge in [0.2, 0.25) is 0 Å². The second-order valence-electron chi connectivity index (χ2n) is 2.75. The van der Waals surface area contributed by atoms with E-state index in [1.165, 1.54) is 4.90 Å². The first kappa shape index (κ1) is 8.92. The molecule has 0 saturated heterocycles. The van der Waals surface area contributed by atoms with E-state index in [0.29, 0.717) is 0 Å². The molecule has 1 N–H and O–H groups in total. The van der Waals surface area contributed by atoms with E-state index in [1.807, 2.05) is 12.1 Å². The van der Waals surface area contributed by atoms with E-state index in [4.69, 9.17) is 5.26 Å². The maximum absolute atomic E-state index is 8.77. The number of para-hydroxylation sites is 1. The Hall–Kier alpha value is -0.660. The minimum Gasteiger partial charge on any atom is -0.367 e. The van der Waals surface area contributed by atoms with Gasteiger partial charge in [-0.05, 0) is 28.1 Å². The number of nitriles is 1. The first-order valence-corrected chi connectivity index (χ1v) is 5.66. The van der Waals surface area contributed by atoms with Crippen LogP contribution in [0.1, 0.15) is 0 Å². The summed E-state index contributed by atoms with van der Waals surface area (Å²) in [6.07, 6.45) is 0. The van der Waals surface area contributed by atoms with Crippen LogP contribution in [0, 0.1) is 11.3 Å². The van der Waals surface area contributed by atoms with E-state index in [9.17, 15) is 0 Å². The van der Waals surface area contributed by atoms with Gasteiger partial charge in [-0.3, -0.25) is 0 Å². The Kier molecular flexibility index (Phi) is 2.47. The van der Waals surface area contributed by atoms with Crippen molar-refractivity contribution in [3.8, 4) is 6.07 Å². The summed E-state index contributed by atoms with van der Waals surface area (Å²) < 4.78 is 1.03. The Morgan fingerprint density at radius 2 is 2.46 bits per heavy atom. The Balaban J connectivity index is 2.39. The molecular weight excluding hydrogens is 248 g/mol. The highest BCUT2D eigenvalue weighted by Crippen LogP contribution is 2.37. The summed E-state index contributed by atoms with van der Waals surface area (Å²) in [6.45, 7) is 0. The van der Waals surface area contributed by atoms with E-state index in [1.54, 1.807) is 11.8 Å². The summed E-state index contributed by atoms with van der Waals surface area (Å²) in [6, 6.07) is 8.19. The molecule has 1 heterocycles. The zero-order valence-electron chi connectivity index (χ0n) is 6.75. The van der Waals surface area contributed by atoms with Gasteiger partial charge in [0, 0.05) is 15.1 Å². The maximum atomic E-state index is 8.77. The van der Waals surface area contributed by atoms with Gasteiger partial charge in [0.05, 0.1) is 11.8 Å². The largest absolute Gasteiger partial charge is 0.367 e. The highest BCUT2D eigenvalue weighted by molar-refractivity contribution is 9.10. The molecule has 2 rings (SSSR count). The number of nitrogens with one attached hydrogen (secondary N) is 1. The fourth-order valence-corrected chi connectivity index (χ4v) is 2.83. The van der Waals surface area contributed by atoms with Crippen LogP contribution in [0.5, 0.6) is 0 Å². The van der Waals surface area contributed by atoms with Gasteiger partial charge in [0.25, 0.3) is 0 Å². The molecule has 0 radical (unpaired) electrons. The summed E-state index contributed by atoms with van der Waals surface area (Å²) in [7, 11) is 0. The third-order valence-electron chi connectivity index (χ3n) is 1.86. The molecule has 0 aliphatic carbocycles. The van der Waals surface area contributed by atoms with Gasteiger partial charge >= 0.3 is 0 Å². The summed E-state index contributed by atoms with van der Waals surface area (Å²) in [4.78, 5) is 1.21. The van der Waals surface area contributed by atoms with Gasteiger partial charge in [-0.25, -0.2) is 0 Å². The summed E-state index contributed by atoms with van der Waals surface area (Å²) in [5, 5.41) is 12.0. The number of anilines is 1. The Morgan fingerprint density at radius 1 is 1.62 bits per heavy atom. The molecular formula is C9H7BrN2S. The molecule has 1 unspecified atom stereocenters. The zero-order valence-corrected chi connectivity index (χ0v) is 9.15. The lowest BCUT2D eigenvalue weighted by molar-refractivity contribution is 0.995. The average molecular weight is 255 g/mol. The molecule has 0 aromatic heterocycles. The molecule has 13 heavy (non-hydrogen) atoms. The number of thioether (sulfide) groups is 1. The molecule has 0 amide bonds. The molecule has 0 saturated carbocycles. The van der Waals surface area contributed by atoms with Crippen LogP contribution in [0.15, 0.2) is 27.6 Å². The van der Waals surface area contributed by atoms with E-state index in [0.717, 1.165) is 15.9 Å². The van der Waals surface area contributed by atoms with E-state index in [-0.39, 0.29) is 6.04 Å². The molecule has 66 valence electrons. The number of hydrogen-bond acceptors (Lipinski definition) is 3. The molecule has 1 aliphatic heterocycles. The minimum atomic E-state index is -0.0730. The fraction of sp³-hybridized carbons (Fsp3) is 0.222. The van der Waals surface area contributed by atoms with Crippen LogP contribution in [0.2, 0.25) is 0 Å². The number of nitrogens with zero attached hydrogens (tertiary/aromatic N) is 1. The van der Waals surface area contributed by atoms with Crippen molar-refractivity contribution in [2.24, 2.45) is 0 Å².